The minimum Gasteiger partial charge on any atom is -0.612 e. The van der Waals surface area contributed by atoms with Crippen molar-refractivity contribution >= 4 is 23.1 Å². The molecule has 1 saturated heterocycles. The summed E-state index contributed by atoms with van der Waals surface area (Å²) in [4.78, 5) is 29.3. The molecule has 1 amide bonds. The number of esters is 1. The predicted octanol–water partition coefficient (Wildman–Crippen LogP) is 1.65. The molecule has 136 valence electrons. The van der Waals surface area contributed by atoms with E-state index in [4.69, 9.17) is 14.3 Å². The van der Waals surface area contributed by atoms with E-state index in [0.29, 0.717) is 5.56 Å². The molecule has 7 nitrogen and oxygen atoms in total. The molecular formula is C16H18FNO6S. The van der Waals surface area contributed by atoms with Gasteiger partial charge in [0.1, 0.15) is 12.1 Å². The quantitative estimate of drug-likeness (QED) is 0.338. The van der Waals surface area contributed by atoms with E-state index in [0.717, 1.165) is 17.2 Å². The number of rotatable bonds is 5. The van der Waals surface area contributed by atoms with Crippen molar-refractivity contribution in [2.24, 2.45) is 0 Å². The van der Waals surface area contributed by atoms with Gasteiger partial charge < -0.3 is 14.0 Å². The maximum atomic E-state index is 13.3. The molecular weight excluding hydrogens is 353 g/mol. The highest BCUT2D eigenvalue weighted by atomic mass is 32.2. The van der Waals surface area contributed by atoms with E-state index in [1.165, 1.54) is 39.3 Å². The fourth-order valence-electron chi connectivity index (χ4n) is 2.19. The summed E-state index contributed by atoms with van der Waals surface area (Å²) in [7, 11) is 1.26. The number of amides is 1. The first-order valence-corrected chi connectivity index (χ1v) is 8.80. The molecule has 2 rings (SSSR count). The van der Waals surface area contributed by atoms with Crippen LogP contribution in [0.15, 0.2) is 34.9 Å². The zero-order chi connectivity index (χ0) is 18.8. The van der Waals surface area contributed by atoms with Gasteiger partial charge in [-0.1, -0.05) is 0 Å². The second kappa shape index (κ2) is 7.42. The Hall–Kier alpha value is -2.10. The number of hydrogen-bond donors (Lipinski definition) is 0. The van der Waals surface area contributed by atoms with Gasteiger partial charge in [0.05, 0.1) is 19.7 Å². The lowest BCUT2D eigenvalue weighted by Crippen LogP contribution is -2.29. The van der Waals surface area contributed by atoms with Gasteiger partial charge in [-0.2, -0.15) is 0 Å². The molecule has 1 heterocycles. The minimum absolute atomic E-state index is 0.0905. The number of nitrogens with zero attached hydrogens (tertiary/aromatic N) is 1. The lowest BCUT2D eigenvalue weighted by Gasteiger charge is -2.20. The Morgan fingerprint density at radius 2 is 2.12 bits per heavy atom. The lowest BCUT2D eigenvalue weighted by atomic mass is 10.2. The summed E-state index contributed by atoms with van der Waals surface area (Å²) < 4.78 is 35.3. The van der Waals surface area contributed by atoms with E-state index in [1.54, 1.807) is 0 Å². The van der Waals surface area contributed by atoms with Crippen molar-refractivity contribution in [1.29, 1.82) is 0 Å². The summed E-state index contributed by atoms with van der Waals surface area (Å²) in [5.74, 6) is -3.35. The molecule has 0 radical (unpaired) electrons. The Labute approximate surface area is 147 Å². The van der Waals surface area contributed by atoms with Crippen LogP contribution in [-0.4, -0.2) is 40.6 Å². The van der Waals surface area contributed by atoms with Crippen molar-refractivity contribution in [2.45, 2.75) is 31.1 Å². The number of cyclic esters (lactones) is 1. The Morgan fingerprint density at radius 1 is 1.44 bits per heavy atom. The first-order valence-electron chi connectivity index (χ1n) is 7.24. The van der Waals surface area contributed by atoms with E-state index >= 15 is 0 Å². The van der Waals surface area contributed by atoms with Crippen molar-refractivity contribution in [3.63, 3.8) is 0 Å². The summed E-state index contributed by atoms with van der Waals surface area (Å²) in [5.41, 5.74) is 0.450. The van der Waals surface area contributed by atoms with Crippen LogP contribution in [0.5, 0.6) is 0 Å². The maximum absolute atomic E-state index is 13.3. The molecule has 1 unspecified atom stereocenters. The van der Waals surface area contributed by atoms with Gasteiger partial charge in [0.15, 0.2) is 4.90 Å². The molecule has 1 atom stereocenters. The van der Waals surface area contributed by atoms with Crippen LogP contribution in [0.4, 0.5) is 4.39 Å². The summed E-state index contributed by atoms with van der Waals surface area (Å²) in [6, 6.07) is 3.76. The van der Waals surface area contributed by atoms with Crippen LogP contribution >= 0.6 is 0 Å². The Bertz CT molecular complexity index is 719. The van der Waals surface area contributed by atoms with Gasteiger partial charge in [-0.25, -0.2) is 14.2 Å². The summed E-state index contributed by atoms with van der Waals surface area (Å²) >= 11 is -1.45. The van der Waals surface area contributed by atoms with E-state index in [1.807, 2.05) is 0 Å². The molecule has 1 fully saturated rings. The predicted molar refractivity (Wildman–Crippen MR) is 85.6 cm³/mol. The van der Waals surface area contributed by atoms with Crippen molar-refractivity contribution in [2.75, 3.05) is 13.4 Å². The molecule has 1 aromatic carbocycles. The normalized spacial score (nSPS) is 18.6. The molecule has 1 aromatic rings. The smallest absolute Gasteiger partial charge is 0.377 e. The molecule has 0 aliphatic carbocycles. The molecule has 0 bridgehead atoms. The second-order valence-electron chi connectivity index (χ2n) is 5.66. The fraction of sp³-hybridized carbons (Fsp3) is 0.375. The standard InChI is InChI=1S/C16H18FNO6S/c1-16(2)23-12(15(20)24-16)8-14(19)18(22-3)9-10-5-6-11(17)7-13(10)25(4)21/h5-8H,9H2,1-4H3. The van der Waals surface area contributed by atoms with Gasteiger partial charge in [0.2, 0.25) is 11.5 Å². The number of benzene rings is 1. The first-order chi connectivity index (χ1) is 11.6. The first kappa shape index (κ1) is 19.2. The molecule has 25 heavy (non-hydrogen) atoms. The molecule has 0 aromatic heterocycles. The van der Waals surface area contributed by atoms with Crippen LogP contribution in [0.2, 0.25) is 0 Å². The van der Waals surface area contributed by atoms with Gasteiger partial charge in [0, 0.05) is 25.5 Å². The molecule has 0 spiro atoms. The number of hydrogen-bond acceptors (Lipinski definition) is 6. The zero-order valence-corrected chi connectivity index (χ0v) is 15.0. The summed E-state index contributed by atoms with van der Waals surface area (Å²) in [5, 5.41) is 0.929. The molecule has 1 aliphatic heterocycles. The highest BCUT2D eigenvalue weighted by molar-refractivity contribution is 7.90. The Kier molecular flexibility index (Phi) is 5.71. The third kappa shape index (κ3) is 4.71. The monoisotopic (exact) mass is 371 g/mol. The fourth-order valence-corrected chi connectivity index (χ4v) is 2.97. The zero-order valence-electron chi connectivity index (χ0n) is 14.2. The van der Waals surface area contributed by atoms with E-state index in [9.17, 15) is 18.5 Å². The Balaban J connectivity index is 2.21. The number of carbonyl (C=O) groups excluding carboxylic acids is 2. The number of halogens is 1. The third-order valence-corrected chi connectivity index (χ3v) is 4.27. The number of carbonyl (C=O) groups is 2. The van der Waals surface area contributed by atoms with Crippen molar-refractivity contribution in [3.8, 4) is 0 Å². The largest absolute Gasteiger partial charge is 0.612 e. The van der Waals surface area contributed by atoms with Gasteiger partial charge in [0.25, 0.3) is 5.91 Å². The van der Waals surface area contributed by atoms with Gasteiger partial charge in [-0.15, -0.1) is 0 Å². The van der Waals surface area contributed by atoms with Crippen LogP contribution in [0.25, 0.3) is 0 Å². The second-order valence-corrected chi connectivity index (χ2v) is 7.01. The van der Waals surface area contributed by atoms with E-state index in [2.05, 4.69) is 0 Å². The van der Waals surface area contributed by atoms with E-state index in [-0.39, 0.29) is 17.2 Å². The third-order valence-electron chi connectivity index (χ3n) is 3.27. The van der Waals surface area contributed by atoms with Crippen molar-refractivity contribution in [1.82, 2.24) is 5.06 Å². The number of hydroxylamine groups is 2. The maximum Gasteiger partial charge on any atom is 0.377 e. The number of ether oxygens (including phenoxy) is 2. The topological polar surface area (TPSA) is 88.1 Å². The summed E-state index contributed by atoms with van der Waals surface area (Å²) in [6.45, 7) is 2.98. The van der Waals surface area contributed by atoms with E-state index < -0.39 is 34.7 Å². The lowest BCUT2D eigenvalue weighted by molar-refractivity contribution is -0.173. The Morgan fingerprint density at radius 3 is 2.64 bits per heavy atom. The van der Waals surface area contributed by atoms with Gasteiger partial charge in [-0.3, -0.25) is 9.63 Å². The minimum atomic E-state index is -1.45. The molecule has 0 N–H and O–H groups in total. The molecule has 9 heteroatoms. The van der Waals surface area contributed by atoms with Crippen LogP contribution in [0.3, 0.4) is 0 Å². The van der Waals surface area contributed by atoms with Crippen LogP contribution in [0.1, 0.15) is 19.4 Å². The van der Waals surface area contributed by atoms with Crippen molar-refractivity contribution in [3.05, 3.63) is 41.4 Å². The van der Waals surface area contributed by atoms with Gasteiger partial charge in [-0.05, 0) is 23.3 Å². The molecule has 1 aliphatic rings. The van der Waals surface area contributed by atoms with Crippen LogP contribution in [0, 0.1) is 5.82 Å². The van der Waals surface area contributed by atoms with Crippen molar-refractivity contribution < 1.29 is 32.8 Å². The highest BCUT2D eigenvalue weighted by Gasteiger charge is 2.38. The van der Waals surface area contributed by atoms with Gasteiger partial charge >= 0.3 is 5.97 Å². The SMILES string of the molecule is CON(Cc1ccc(F)cc1[S+](C)[O-])C(=O)C=C1OC(C)(C)OC1=O. The van der Waals surface area contributed by atoms with Crippen LogP contribution < -0.4 is 0 Å². The summed E-state index contributed by atoms with van der Waals surface area (Å²) in [6.07, 6.45) is 2.36. The average molecular weight is 371 g/mol. The molecule has 0 saturated carbocycles. The average Bonchev–Trinajstić information content (AvgIpc) is 2.77. The highest BCUT2D eigenvalue weighted by Crippen LogP contribution is 2.26. The van der Waals surface area contributed by atoms with Crippen LogP contribution in [-0.2, 0) is 41.6 Å².